The molecule has 1 rings (SSSR count). The Labute approximate surface area is 153 Å². The van der Waals surface area contributed by atoms with Gasteiger partial charge < -0.3 is 20.4 Å². The molecule has 1 unspecified atom stereocenters. The van der Waals surface area contributed by atoms with Crippen molar-refractivity contribution in [3.8, 4) is 0 Å². The quantitative estimate of drug-likeness (QED) is 0.302. The van der Waals surface area contributed by atoms with Crippen molar-refractivity contribution < 1.29 is 20.4 Å². The second-order valence-electron chi connectivity index (χ2n) is 7.58. The first-order valence-corrected chi connectivity index (χ1v) is 9.97. The van der Waals surface area contributed by atoms with Gasteiger partial charge in [0, 0.05) is 18.9 Å². The van der Waals surface area contributed by atoms with E-state index >= 15 is 0 Å². The van der Waals surface area contributed by atoms with Gasteiger partial charge in [0.15, 0.2) is 0 Å². The zero-order chi connectivity index (χ0) is 18.7. The van der Waals surface area contributed by atoms with Crippen molar-refractivity contribution in [1.29, 1.82) is 0 Å². The standard InChI is InChI=1S/C21H38O4/c1-3-13-21(25,4-2)14-10-12-18-17(19(23)16-20(18)24)11-8-6-5-7-9-15-22/h4,10,12,17-20,22-25H,2-3,5-9,11,13-16H2,1H3/t17-,18-,19+,20-,21?/m1/s1. The molecule has 0 radical (unpaired) electrons. The minimum absolute atomic E-state index is 0.0388. The molecule has 0 saturated heterocycles. The highest BCUT2D eigenvalue weighted by Gasteiger charge is 2.39. The molecule has 0 aliphatic heterocycles. The maximum absolute atomic E-state index is 10.4. The molecule has 146 valence electrons. The lowest BCUT2D eigenvalue weighted by atomic mass is 9.87. The average molecular weight is 355 g/mol. The van der Waals surface area contributed by atoms with Crippen molar-refractivity contribution in [3.63, 3.8) is 0 Å². The molecule has 4 nitrogen and oxygen atoms in total. The van der Waals surface area contributed by atoms with Gasteiger partial charge in [0.2, 0.25) is 0 Å². The molecule has 0 spiro atoms. The van der Waals surface area contributed by atoms with E-state index in [0.717, 1.165) is 44.9 Å². The summed E-state index contributed by atoms with van der Waals surface area (Å²) < 4.78 is 0. The van der Waals surface area contributed by atoms with Gasteiger partial charge in [0.1, 0.15) is 0 Å². The van der Waals surface area contributed by atoms with Crippen molar-refractivity contribution >= 4 is 0 Å². The summed E-state index contributed by atoms with van der Waals surface area (Å²) in [5.41, 5.74) is -0.879. The van der Waals surface area contributed by atoms with Gasteiger partial charge in [0.25, 0.3) is 0 Å². The molecular weight excluding hydrogens is 316 g/mol. The molecule has 5 atom stereocenters. The van der Waals surface area contributed by atoms with Crippen LogP contribution in [0.1, 0.15) is 71.1 Å². The van der Waals surface area contributed by atoms with Crippen LogP contribution in [0, 0.1) is 11.8 Å². The highest BCUT2D eigenvalue weighted by molar-refractivity contribution is 5.07. The highest BCUT2D eigenvalue weighted by atomic mass is 16.3. The molecule has 25 heavy (non-hydrogen) atoms. The summed E-state index contributed by atoms with van der Waals surface area (Å²) in [5, 5.41) is 39.8. The van der Waals surface area contributed by atoms with Crippen LogP contribution >= 0.6 is 0 Å². The van der Waals surface area contributed by atoms with E-state index < -0.39 is 17.8 Å². The minimum Gasteiger partial charge on any atom is -0.396 e. The normalized spacial score (nSPS) is 29.2. The van der Waals surface area contributed by atoms with Crippen LogP contribution in [0.25, 0.3) is 0 Å². The van der Waals surface area contributed by atoms with Gasteiger partial charge in [-0.2, -0.15) is 0 Å². The largest absolute Gasteiger partial charge is 0.396 e. The predicted octanol–water partition coefficient (Wildman–Crippen LogP) is 3.34. The molecular formula is C21H38O4. The molecule has 0 bridgehead atoms. The Morgan fingerprint density at radius 1 is 1.08 bits per heavy atom. The van der Waals surface area contributed by atoms with Crippen molar-refractivity contribution in [3.05, 3.63) is 24.8 Å². The van der Waals surface area contributed by atoms with Gasteiger partial charge in [-0.05, 0) is 31.6 Å². The summed E-state index contributed by atoms with van der Waals surface area (Å²) in [6, 6.07) is 0. The van der Waals surface area contributed by atoms with E-state index in [4.69, 9.17) is 5.11 Å². The molecule has 0 amide bonds. The Hall–Kier alpha value is -0.680. The number of hydrogen-bond donors (Lipinski definition) is 4. The van der Waals surface area contributed by atoms with Crippen LogP contribution in [0.5, 0.6) is 0 Å². The average Bonchev–Trinajstić information content (AvgIpc) is 2.85. The van der Waals surface area contributed by atoms with Crippen LogP contribution in [-0.4, -0.2) is 44.8 Å². The van der Waals surface area contributed by atoms with Crippen molar-refractivity contribution in [2.75, 3.05) is 6.61 Å². The summed E-state index contributed by atoms with van der Waals surface area (Å²) >= 11 is 0. The zero-order valence-corrected chi connectivity index (χ0v) is 15.8. The predicted molar refractivity (Wildman–Crippen MR) is 102 cm³/mol. The van der Waals surface area contributed by atoms with Crippen LogP contribution in [0.4, 0.5) is 0 Å². The number of hydrogen-bond acceptors (Lipinski definition) is 4. The van der Waals surface area contributed by atoms with E-state index in [1.54, 1.807) is 6.08 Å². The van der Waals surface area contributed by atoms with Gasteiger partial charge >= 0.3 is 0 Å². The van der Waals surface area contributed by atoms with Crippen molar-refractivity contribution in [1.82, 2.24) is 0 Å². The summed E-state index contributed by atoms with van der Waals surface area (Å²) in [7, 11) is 0. The van der Waals surface area contributed by atoms with Gasteiger partial charge in [-0.25, -0.2) is 0 Å². The lowest BCUT2D eigenvalue weighted by molar-refractivity contribution is 0.0835. The van der Waals surface area contributed by atoms with Gasteiger partial charge in [-0.15, -0.1) is 6.58 Å². The van der Waals surface area contributed by atoms with Crippen LogP contribution in [-0.2, 0) is 0 Å². The first-order chi connectivity index (χ1) is 12.0. The third-order valence-electron chi connectivity index (χ3n) is 5.50. The summed E-state index contributed by atoms with van der Waals surface area (Å²) in [4.78, 5) is 0. The first-order valence-electron chi connectivity index (χ1n) is 9.97. The molecule has 4 N–H and O–H groups in total. The molecule has 1 fully saturated rings. The summed E-state index contributed by atoms with van der Waals surface area (Å²) in [6.07, 6.45) is 13.1. The SMILES string of the molecule is C=CC(O)(CC=C[C@@H]1[C@@H](CCCCCCCO)[C@@H](O)C[C@H]1O)CCC. The van der Waals surface area contributed by atoms with Crippen molar-refractivity contribution in [2.45, 2.75) is 88.9 Å². The molecule has 1 saturated carbocycles. The Bertz CT molecular complexity index is 395. The van der Waals surface area contributed by atoms with Crippen LogP contribution in [0.2, 0.25) is 0 Å². The van der Waals surface area contributed by atoms with Crippen molar-refractivity contribution in [2.24, 2.45) is 11.8 Å². The number of unbranched alkanes of at least 4 members (excludes halogenated alkanes) is 4. The van der Waals surface area contributed by atoms with Crippen LogP contribution in [0.3, 0.4) is 0 Å². The Morgan fingerprint density at radius 3 is 2.40 bits per heavy atom. The number of aliphatic hydroxyl groups excluding tert-OH is 3. The molecule has 0 heterocycles. The fourth-order valence-corrected chi connectivity index (χ4v) is 3.95. The second kappa shape index (κ2) is 11.8. The Balaban J connectivity index is 2.50. The Kier molecular flexibility index (Phi) is 10.6. The third-order valence-corrected chi connectivity index (χ3v) is 5.50. The minimum atomic E-state index is -0.879. The topological polar surface area (TPSA) is 80.9 Å². The highest BCUT2D eigenvalue weighted by Crippen LogP contribution is 2.37. The van der Waals surface area contributed by atoms with E-state index in [0.29, 0.717) is 19.3 Å². The van der Waals surface area contributed by atoms with Gasteiger partial charge in [0.05, 0.1) is 17.8 Å². The van der Waals surface area contributed by atoms with E-state index in [-0.39, 0.29) is 18.4 Å². The lowest BCUT2D eigenvalue weighted by Gasteiger charge is -2.23. The van der Waals surface area contributed by atoms with Gasteiger partial charge in [-0.1, -0.05) is 57.3 Å². The first kappa shape index (κ1) is 22.4. The monoisotopic (exact) mass is 354 g/mol. The molecule has 0 aromatic carbocycles. The maximum Gasteiger partial charge on any atom is 0.0859 e. The van der Waals surface area contributed by atoms with Gasteiger partial charge in [-0.3, -0.25) is 0 Å². The van der Waals surface area contributed by atoms with Crippen LogP contribution < -0.4 is 0 Å². The number of aliphatic hydroxyl groups is 4. The van der Waals surface area contributed by atoms with E-state index in [1.165, 1.54) is 0 Å². The maximum atomic E-state index is 10.4. The molecule has 4 heteroatoms. The molecule has 1 aliphatic rings. The second-order valence-corrected chi connectivity index (χ2v) is 7.58. The molecule has 0 aromatic heterocycles. The smallest absolute Gasteiger partial charge is 0.0859 e. The molecule has 1 aliphatic carbocycles. The van der Waals surface area contributed by atoms with E-state index in [1.807, 2.05) is 19.1 Å². The lowest BCUT2D eigenvalue weighted by Crippen LogP contribution is -2.25. The molecule has 0 aromatic rings. The van der Waals surface area contributed by atoms with E-state index in [2.05, 4.69) is 6.58 Å². The summed E-state index contributed by atoms with van der Waals surface area (Å²) in [6.45, 7) is 6.02. The number of rotatable bonds is 13. The Morgan fingerprint density at radius 2 is 1.76 bits per heavy atom. The van der Waals surface area contributed by atoms with Crippen LogP contribution in [0.15, 0.2) is 24.8 Å². The van der Waals surface area contributed by atoms with E-state index in [9.17, 15) is 15.3 Å². The fraction of sp³-hybridized carbons (Fsp3) is 0.810. The zero-order valence-electron chi connectivity index (χ0n) is 15.8. The third kappa shape index (κ3) is 7.61. The fourth-order valence-electron chi connectivity index (χ4n) is 3.95. The summed E-state index contributed by atoms with van der Waals surface area (Å²) in [5.74, 6) is 0.0511.